The molecule has 3 aromatic carbocycles. The number of fused-ring (bicyclic) bond motifs is 3. The molecular weight excluding hydrogens is 382 g/mol. The summed E-state index contributed by atoms with van der Waals surface area (Å²) < 4.78 is 3.79. The highest BCUT2D eigenvalue weighted by Gasteiger charge is 2.15. The summed E-state index contributed by atoms with van der Waals surface area (Å²) in [5.41, 5.74) is 5.61. The molecule has 0 saturated carbocycles. The van der Waals surface area contributed by atoms with Gasteiger partial charge in [-0.2, -0.15) is 0 Å². The second-order valence-corrected chi connectivity index (χ2v) is 7.62. The van der Waals surface area contributed by atoms with Gasteiger partial charge in [0.15, 0.2) is 0 Å². The molecule has 0 aliphatic rings. The van der Waals surface area contributed by atoms with Crippen molar-refractivity contribution in [2.75, 3.05) is 0 Å². The summed E-state index contributed by atoms with van der Waals surface area (Å²) in [7, 11) is 0. The topological polar surface area (TPSA) is 39.3 Å². The summed E-state index contributed by atoms with van der Waals surface area (Å²) in [5, 5.41) is 0.653. The Morgan fingerprint density at radius 2 is 1.66 bits per heavy atom. The van der Waals surface area contributed by atoms with E-state index in [2.05, 4.69) is 35.8 Å². The fourth-order valence-electron chi connectivity index (χ4n) is 3.78. The van der Waals surface area contributed by atoms with Crippen LogP contribution in [-0.4, -0.2) is 14.0 Å². The maximum Gasteiger partial charge on any atom is 0.260 e. The molecule has 2 aromatic heterocycles. The maximum atomic E-state index is 13.1. The third-order valence-electron chi connectivity index (χ3n) is 5.12. The molecule has 5 rings (SSSR count). The summed E-state index contributed by atoms with van der Waals surface area (Å²) in [6.07, 6.45) is 0. The van der Waals surface area contributed by atoms with E-state index in [-0.39, 0.29) is 5.56 Å². The Bertz CT molecular complexity index is 1410. The molecule has 0 radical (unpaired) electrons. The van der Waals surface area contributed by atoms with Gasteiger partial charge in [-0.15, -0.1) is 0 Å². The minimum Gasteiger partial charge on any atom is -0.305 e. The quantitative estimate of drug-likeness (QED) is 0.411. The lowest BCUT2D eigenvalue weighted by Gasteiger charge is -2.08. The number of nitrogens with zero attached hydrogens (tertiary/aromatic N) is 3. The fraction of sp³-hybridized carbons (Fsp3) is 0.0833. The van der Waals surface area contributed by atoms with Gasteiger partial charge in [0.1, 0.15) is 0 Å². The van der Waals surface area contributed by atoms with Gasteiger partial charge in [-0.25, -0.2) is 9.38 Å². The van der Waals surface area contributed by atoms with Crippen molar-refractivity contribution in [2.45, 2.75) is 13.5 Å². The van der Waals surface area contributed by atoms with Crippen LogP contribution in [0.4, 0.5) is 0 Å². The minimum atomic E-state index is -0.0980. The van der Waals surface area contributed by atoms with Crippen LogP contribution in [0.2, 0.25) is 5.02 Å². The van der Waals surface area contributed by atoms with E-state index in [1.807, 2.05) is 48.5 Å². The van der Waals surface area contributed by atoms with E-state index in [1.165, 1.54) is 11.1 Å². The van der Waals surface area contributed by atoms with Crippen LogP contribution in [-0.2, 0) is 6.54 Å². The van der Waals surface area contributed by atoms with Crippen molar-refractivity contribution in [1.82, 2.24) is 14.0 Å². The monoisotopic (exact) mass is 399 g/mol. The van der Waals surface area contributed by atoms with Crippen molar-refractivity contribution < 1.29 is 0 Å². The highest BCUT2D eigenvalue weighted by molar-refractivity contribution is 6.30. The highest BCUT2D eigenvalue weighted by Crippen LogP contribution is 2.24. The van der Waals surface area contributed by atoms with Gasteiger partial charge in [-0.1, -0.05) is 65.7 Å². The number of aromatic nitrogens is 3. The van der Waals surface area contributed by atoms with Crippen LogP contribution in [0.15, 0.2) is 83.7 Å². The van der Waals surface area contributed by atoms with E-state index in [4.69, 9.17) is 16.6 Å². The molecule has 0 atom stereocenters. The zero-order valence-corrected chi connectivity index (χ0v) is 16.6. The number of hydrogen-bond donors (Lipinski definition) is 0. The Labute approximate surface area is 172 Å². The molecule has 0 spiro atoms. The molecule has 0 aliphatic carbocycles. The van der Waals surface area contributed by atoms with Gasteiger partial charge in [0, 0.05) is 16.7 Å². The molecule has 0 bridgehead atoms. The number of imidazole rings is 1. The summed E-state index contributed by atoms with van der Waals surface area (Å²) in [6, 6.07) is 25.3. The van der Waals surface area contributed by atoms with Gasteiger partial charge in [0.05, 0.1) is 23.3 Å². The number of rotatable bonds is 3. The maximum absolute atomic E-state index is 13.1. The molecule has 5 aromatic rings. The van der Waals surface area contributed by atoms with Gasteiger partial charge in [-0.3, -0.25) is 4.79 Å². The second-order valence-electron chi connectivity index (χ2n) is 7.19. The summed E-state index contributed by atoms with van der Waals surface area (Å²) >= 11 is 6.02. The van der Waals surface area contributed by atoms with Gasteiger partial charge in [-0.05, 0) is 36.8 Å². The van der Waals surface area contributed by atoms with Gasteiger partial charge in [0.25, 0.3) is 5.56 Å². The van der Waals surface area contributed by atoms with Crippen molar-refractivity contribution in [3.8, 4) is 11.3 Å². The first kappa shape index (κ1) is 17.7. The van der Waals surface area contributed by atoms with Crippen molar-refractivity contribution >= 4 is 28.4 Å². The molecule has 0 N–H and O–H groups in total. The Balaban J connectivity index is 1.79. The lowest BCUT2D eigenvalue weighted by molar-refractivity contribution is 0.833. The first-order valence-corrected chi connectivity index (χ1v) is 9.80. The lowest BCUT2D eigenvalue weighted by Crippen LogP contribution is -2.14. The predicted octanol–water partition coefficient (Wildman–Crippen LogP) is 5.33. The Morgan fingerprint density at radius 3 is 2.41 bits per heavy atom. The number of benzene rings is 3. The van der Waals surface area contributed by atoms with Crippen molar-refractivity contribution in [1.29, 1.82) is 0 Å². The number of halogens is 1. The van der Waals surface area contributed by atoms with Crippen LogP contribution >= 0.6 is 11.6 Å². The average Bonchev–Trinajstić information content (AvgIpc) is 3.03. The Morgan fingerprint density at radius 1 is 0.897 bits per heavy atom. The Hall–Kier alpha value is -3.37. The van der Waals surface area contributed by atoms with Gasteiger partial charge >= 0.3 is 0 Å². The molecule has 0 saturated heterocycles. The first-order chi connectivity index (χ1) is 14.1. The molecule has 29 heavy (non-hydrogen) atoms. The predicted molar refractivity (Wildman–Crippen MR) is 118 cm³/mol. The summed E-state index contributed by atoms with van der Waals surface area (Å²) in [5.74, 6) is 0.630. The van der Waals surface area contributed by atoms with Crippen LogP contribution in [0.25, 0.3) is 28.1 Å². The molecule has 4 nitrogen and oxygen atoms in total. The molecule has 2 heterocycles. The smallest absolute Gasteiger partial charge is 0.260 e. The lowest BCUT2D eigenvalue weighted by atomic mass is 10.1. The zero-order valence-electron chi connectivity index (χ0n) is 15.8. The van der Waals surface area contributed by atoms with E-state index in [0.29, 0.717) is 23.0 Å². The summed E-state index contributed by atoms with van der Waals surface area (Å²) in [6.45, 7) is 2.71. The molecule has 0 amide bonds. The third-order valence-corrected chi connectivity index (χ3v) is 5.37. The average molecular weight is 400 g/mol. The SMILES string of the molecule is Cc1cccc(Cn2c3ccccc3n3c(=O)cc(-c4ccc(Cl)cc4)nc23)c1. The van der Waals surface area contributed by atoms with Crippen LogP contribution in [0.1, 0.15) is 11.1 Å². The second kappa shape index (κ2) is 6.90. The van der Waals surface area contributed by atoms with Gasteiger partial charge in [0.2, 0.25) is 5.78 Å². The number of aryl methyl sites for hydroxylation is 1. The number of para-hydroxylation sites is 2. The molecule has 0 aliphatic heterocycles. The van der Waals surface area contributed by atoms with E-state index < -0.39 is 0 Å². The molecule has 5 heteroatoms. The zero-order chi connectivity index (χ0) is 20.0. The third kappa shape index (κ3) is 3.12. The van der Waals surface area contributed by atoms with Crippen molar-refractivity contribution in [2.24, 2.45) is 0 Å². The Kier molecular flexibility index (Phi) is 4.22. The van der Waals surface area contributed by atoms with Gasteiger partial charge < -0.3 is 4.57 Å². The largest absolute Gasteiger partial charge is 0.305 e. The molecule has 142 valence electrons. The standard InChI is InChI=1S/C24H18ClN3O/c1-16-5-4-6-17(13-16)15-27-21-7-2-3-8-22(21)28-23(29)14-20(26-24(27)28)18-9-11-19(25)12-10-18/h2-14H,15H2,1H3. The van der Waals surface area contributed by atoms with E-state index in [9.17, 15) is 4.79 Å². The fourth-order valence-corrected chi connectivity index (χ4v) is 3.91. The van der Waals surface area contributed by atoms with Crippen LogP contribution in [0.3, 0.4) is 0 Å². The summed E-state index contributed by atoms with van der Waals surface area (Å²) in [4.78, 5) is 17.9. The van der Waals surface area contributed by atoms with E-state index >= 15 is 0 Å². The van der Waals surface area contributed by atoms with E-state index in [0.717, 1.165) is 16.6 Å². The number of hydrogen-bond acceptors (Lipinski definition) is 2. The normalized spacial score (nSPS) is 11.4. The van der Waals surface area contributed by atoms with Crippen LogP contribution in [0, 0.1) is 6.92 Å². The molecular formula is C24H18ClN3O. The molecule has 0 unspecified atom stereocenters. The van der Waals surface area contributed by atoms with E-state index in [1.54, 1.807) is 10.5 Å². The van der Waals surface area contributed by atoms with Crippen molar-refractivity contribution in [3.63, 3.8) is 0 Å². The van der Waals surface area contributed by atoms with Crippen molar-refractivity contribution in [3.05, 3.63) is 105 Å². The minimum absolute atomic E-state index is 0.0980. The molecule has 0 fully saturated rings. The highest BCUT2D eigenvalue weighted by atomic mass is 35.5. The van der Waals surface area contributed by atoms with Crippen LogP contribution in [0.5, 0.6) is 0 Å². The first-order valence-electron chi connectivity index (χ1n) is 9.43. The van der Waals surface area contributed by atoms with Crippen LogP contribution < -0.4 is 5.56 Å².